The van der Waals surface area contributed by atoms with Crippen LogP contribution in [0.4, 0.5) is 5.69 Å². The Morgan fingerprint density at radius 3 is 1.71 bits per heavy atom. The van der Waals surface area contributed by atoms with E-state index >= 15 is 0 Å². The Bertz CT molecular complexity index is 541. The molecule has 7 nitrogen and oxygen atoms in total. The number of nitrogens with one attached hydrogen (secondary N) is 1. The molecule has 0 aliphatic carbocycles. The largest absolute Gasteiger partial charge is 0.480 e. The molecule has 1 aromatic rings. The molecule has 0 aromatic heterocycles. The summed E-state index contributed by atoms with van der Waals surface area (Å²) in [5.74, 6) is -3.37. The number of carboxylic acids is 3. The Morgan fingerprint density at radius 1 is 0.893 bits per heavy atom. The zero-order chi connectivity index (χ0) is 21.6. The van der Waals surface area contributed by atoms with E-state index in [9.17, 15) is 14.4 Å². The van der Waals surface area contributed by atoms with Crippen LogP contribution < -0.4 is 5.32 Å². The Labute approximate surface area is 177 Å². The van der Waals surface area contributed by atoms with Gasteiger partial charge >= 0.3 is 87.5 Å². The molecule has 0 fully saturated rings. The number of hydrogen-bond acceptors (Lipinski definition) is 4. The summed E-state index contributed by atoms with van der Waals surface area (Å²) < 4.78 is 3.25. The van der Waals surface area contributed by atoms with Gasteiger partial charge in [-0.1, -0.05) is 18.2 Å². The summed E-state index contributed by atoms with van der Waals surface area (Å²) >= 11 is 0.149. The Balaban J connectivity index is 0. The second kappa shape index (κ2) is 21.3. The van der Waals surface area contributed by atoms with E-state index in [2.05, 4.69) is 19.2 Å². The van der Waals surface area contributed by atoms with Gasteiger partial charge in [-0.25, -0.2) is 9.59 Å². The van der Waals surface area contributed by atoms with Gasteiger partial charge in [0.25, 0.3) is 0 Å². The first-order chi connectivity index (χ1) is 13.3. The van der Waals surface area contributed by atoms with Crippen molar-refractivity contribution in [1.29, 1.82) is 0 Å². The van der Waals surface area contributed by atoms with Crippen molar-refractivity contribution >= 4 is 44.7 Å². The van der Waals surface area contributed by atoms with Gasteiger partial charge in [0.15, 0.2) is 0 Å². The van der Waals surface area contributed by atoms with Crippen LogP contribution in [0, 0.1) is 0 Å². The van der Waals surface area contributed by atoms with E-state index in [4.69, 9.17) is 15.3 Å². The number of carbonyl (C=O) groups is 3. The molecule has 0 heterocycles. The van der Waals surface area contributed by atoms with E-state index < -0.39 is 17.9 Å². The van der Waals surface area contributed by atoms with Crippen molar-refractivity contribution in [3.63, 3.8) is 0 Å². The molecule has 0 amide bonds. The Hall–Kier alpha value is -2.03. The number of hydrogen-bond donors (Lipinski definition) is 4. The van der Waals surface area contributed by atoms with Crippen LogP contribution in [0.1, 0.15) is 39.5 Å². The van der Waals surface area contributed by atoms with Gasteiger partial charge in [0.2, 0.25) is 0 Å². The van der Waals surface area contributed by atoms with Crippen molar-refractivity contribution in [1.82, 2.24) is 0 Å². The predicted molar refractivity (Wildman–Crippen MR) is 112 cm³/mol. The summed E-state index contributed by atoms with van der Waals surface area (Å²) in [4.78, 5) is 29.2. The fourth-order valence-corrected chi connectivity index (χ4v) is 5.76. The molecule has 4 N–H and O–H groups in total. The van der Waals surface area contributed by atoms with E-state index in [0.717, 1.165) is 5.69 Å². The fourth-order valence-electron chi connectivity index (χ4n) is 1.60. The molecule has 1 aromatic carbocycles. The van der Waals surface area contributed by atoms with Gasteiger partial charge in [-0.2, -0.15) is 0 Å². The molecule has 0 spiro atoms. The van der Waals surface area contributed by atoms with Gasteiger partial charge in [0.05, 0.1) is 0 Å². The predicted octanol–water partition coefficient (Wildman–Crippen LogP) is 4.02. The van der Waals surface area contributed by atoms with E-state index in [1.807, 2.05) is 30.3 Å². The zero-order valence-corrected chi connectivity index (χ0v) is 19.4. The van der Waals surface area contributed by atoms with Crippen LogP contribution in [-0.4, -0.2) is 60.9 Å². The number of benzene rings is 1. The van der Waals surface area contributed by atoms with E-state index in [0.29, 0.717) is 12.2 Å². The van der Waals surface area contributed by atoms with E-state index in [1.165, 1.54) is 25.7 Å². The summed E-state index contributed by atoms with van der Waals surface area (Å²) in [6, 6.07) is 9.23. The van der Waals surface area contributed by atoms with Gasteiger partial charge in [-0.15, -0.1) is 0 Å². The first kappa shape index (κ1) is 28.2. The average molecular weight is 500 g/mol. The average Bonchev–Trinajstić information content (AvgIpc) is 2.66. The van der Waals surface area contributed by atoms with Crippen LogP contribution in [0.5, 0.6) is 0 Å². The molecular formula is C20H31NO6Sn. The van der Waals surface area contributed by atoms with Crippen LogP contribution in [0.15, 0.2) is 42.5 Å². The number of carboxylic acid groups (broad SMARTS) is 3. The molecule has 1 rings (SSSR count). The second-order valence-electron chi connectivity index (χ2n) is 5.58. The first-order valence-corrected chi connectivity index (χ1v) is 13.2. The van der Waals surface area contributed by atoms with Crippen LogP contribution in [-0.2, 0) is 14.4 Å². The van der Waals surface area contributed by atoms with E-state index in [1.54, 1.807) is 8.87 Å². The van der Waals surface area contributed by atoms with Crippen molar-refractivity contribution in [3.8, 4) is 0 Å². The summed E-state index contributed by atoms with van der Waals surface area (Å²) in [6.45, 7) is 4.54. The monoisotopic (exact) mass is 501 g/mol. The van der Waals surface area contributed by atoms with Gasteiger partial charge in [-0.05, 0) is 12.1 Å². The van der Waals surface area contributed by atoms with Crippen LogP contribution in [0.25, 0.3) is 0 Å². The molecule has 0 atom stereocenters. The maximum atomic E-state index is 10.1. The summed E-state index contributed by atoms with van der Waals surface area (Å²) in [5, 5.41) is 26.7. The molecule has 2 radical (unpaired) electrons. The number of aliphatic carboxylic acids is 3. The third kappa shape index (κ3) is 26.2. The molecule has 0 saturated heterocycles. The third-order valence-electron chi connectivity index (χ3n) is 3.00. The minimum atomic E-state index is -1.26. The molecule has 0 saturated carbocycles. The fraction of sp³-hybridized carbons (Fsp3) is 0.450. The maximum Gasteiger partial charge on any atom is 0.328 e. The molecule has 0 aliphatic heterocycles. The van der Waals surface area contributed by atoms with Gasteiger partial charge in [0, 0.05) is 17.8 Å². The second-order valence-corrected chi connectivity index (χ2v) is 9.86. The molecule has 0 bridgehead atoms. The van der Waals surface area contributed by atoms with Crippen molar-refractivity contribution < 1.29 is 29.7 Å². The van der Waals surface area contributed by atoms with Crippen molar-refractivity contribution in [2.24, 2.45) is 0 Å². The maximum absolute atomic E-state index is 10.1. The third-order valence-corrected chi connectivity index (χ3v) is 7.04. The van der Waals surface area contributed by atoms with E-state index in [-0.39, 0.29) is 27.7 Å². The minimum Gasteiger partial charge on any atom is -0.480 e. The molecule has 28 heavy (non-hydrogen) atoms. The summed E-state index contributed by atoms with van der Waals surface area (Å²) in [5.41, 5.74) is 0.829. The number of para-hydroxylation sites is 1. The minimum absolute atomic E-state index is 0.0377. The Kier molecular flexibility index (Phi) is 21.4. The summed E-state index contributed by atoms with van der Waals surface area (Å²) in [6.07, 6.45) is 6.95. The first-order valence-electron chi connectivity index (χ1n) is 9.18. The number of rotatable bonds is 11. The zero-order valence-electron chi connectivity index (χ0n) is 16.6. The standard InChI is InChI=1S/C8H9NO2.C4H4O4.2C4H9.Sn/c10-8(11)6-9-7-4-2-1-3-5-7;5-3(6)1-2-4(7)8;2*1-3-4-2;/h1-5,9H,6H2,(H,10,11);1-2H,(H,5,6)(H,7,8);2*1,3-4H2,2H3;/b;2-1-;;;. The van der Waals surface area contributed by atoms with Crippen molar-refractivity contribution in [2.75, 3.05) is 11.9 Å². The quantitative estimate of drug-likeness (QED) is 0.206. The van der Waals surface area contributed by atoms with Crippen LogP contribution in [0.3, 0.4) is 0 Å². The topological polar surface area (TPSA) is 124 Å². The van der Waals surface area contributed by atoms with Crippen molar-refractivity contribution in [3.05, 3.63) is 42.5 Å². The number of unbranched alkanes of at least 4 members (excludes halogenated alkanes) is 2. The van der Waals surface area contributed by atoms with Gasteiger partial charge < -0.3 is 20.6 Å². The molecule has 0 aliphatic rings. The number of anilines is 1. The van der Waals surface area contributed by atoms with Gasteiger partial charge in [-0.3, -0.25) is 4.79 Å². The van der Waals surface area contributed by atoms with Gasteiger partial charge in [0.1, 0.15) is 6.54 Å². The van der Waals surface area contributed by atoms with Crippen molar-refractivity contribution in [2.45, 2.75) is 48.4 Å². The molecular weight excluding hydrogens is 469 g/mol. The molecule has 156 valence electrons. The molecule has 0 unspecified atom stereocenters. The SMILES string of the molecule is CCC[CH2][Sn][CH2]CCC.O=C(O)/C=C\C(=O)O.O=C(O)CNc1ccccc1. The smallest absolute Gasteiger partial charge is 0.328 e. The Morgan fingerprint density at radius 2 is 1.36 bits per heavy atom. The summed E-state index contributed by atoms with van der Waals surface area (Å²) in [7, 11) is 0. The normalized spacial score (nSPS) is 9.50. The van der Waals surface area contributed by atoms with Crippen LogP contribution >= 0.6 is 0 Å². The van der Waals surface area contributed by atoms with Crippen LogP contribution in [0.2, 0.25) is 8.87 Å². The molecule has 8 heteroatoms.